The molecule has 0 aromatic heterocycles. The van der Waals surface area contributed by atoms with Crippen LogP contribution in [0.1, 0.15) is 31.4 Å². The molecule has 3 rings (SSSR count). The molecule has 0 fully saturated rings. The Morgan fingerprint density at radius 2 is 1.72 bits per heavy atom. The molecule has 25 heavy (non-hydrogen) atoms. The number of phenols is 3. The fraction of sp³-hybridized carbons (Fsp3) is 0.316. The highest BCUT2D eigenvalue weighted by Gasteiger charge is 2.51. The summed E-state index contributed by atoms with van der Waals surface area (Å²) in [5.74, 6) is 0.420. The van der Waals surface area contributed by atoms with Crippen molar-refractivity contribution in [1.29, 1.82) is 0 Å². The molecule has 0 radical (unpaired) electrons. The molecule has 0 spiro atoms. The van der Waals surface area contributed by atoms with E-state index in [4.69, 9.17) is 4.74 Å². The molecule has 1 heterocycles. The first-order valence-corrected chi connectivity index (χ1v) is 8.07. The van der Waals surface area contributed by atoms with E-state index in [9.17, 15) is 20.1 Å². The van der Waals surface area contributed by atoms with Crippen LogP contribution in [0.5, 0.6) is 23.0 Å². The van der Waals surface area contributed by atoms with Gasteiger partial charge in [-0.25, -0.2) is 0 Å². The molecule has 132 valence electrons. The van der Waals surface area contributed by atoms with Crippen LogP contribution in [0.15, 0.2) is 36.4 Å². The first-order chi connectivity index (χ1) is 11.8. The molecular weight excluding hydrogens is 322 g/mol. The van der Waals surface area contributed by atoms with Crippen molar-refractivity contribution in [2.75, 3.05) is 7.05 Å². The number of aromatic hydroxyl groups is 3. The van der Waals surface area contributed by atoms with Gasteiger partial charge in [-0.05, 0) is 43.3 Å². The van der Waals surface area contributed by atoms with Gasteiger partial charge in [0, 0.05) is 24.6 Å². The summed E-state index contributed by atoms with van der Waals surface area (Å²) in [6.45, 7) is 3.58. The van der Waals surface area contributed by atoms with Gasteiger partial charge in [0.1, 0.15) is 23.0 Å². The van der Waals surface area contributed by atoms with Crippen LogP contribution in [0.3, 0.4) is 0 Å². The van der Waals surface area contributed by atoms with Crippen molar-refractivity contribution in [2.24, 2.45) is 0 Å². The minimum atomic E-state index is -0.976. The smallest absolute Gasteiger partial charge is 0.224 e. The number of nitrogens with zero attached hydrogens (tertiary/aromatic N) is 1. The van der Waals surface area contributed by atoms with Crippen molar-refractivity contribution in [2.45, 2.75) is 31.9 Å². The van der Waals surface area contributed by atoms with E-state index >= 15 is 0 Å². The molecule has 2 aromatic rings. The zero-order chi connectivity index (χ0) is 18.4. The minimum absolute atomic E-state index is 0.00847. The first-order valence-electron chi connectivity index (χ1n) is 8.07. The van der Waals surface area contributed by atoms with Gasteiger partial charge in [0.2, 0.25) is 5.91 Å². The summed E-state index contributed by atoms with van der Waals surface area (Å²) < 4.78 is 6.01. The van der Waals surface area contributed by atoms with Crippen molar-refractivity contribution < 1.29 is 24.9 Å². The monoisotopic (exact) mass is 343 g/mol. The SMILES string of the molecule is CCC(=O)N(C)[C@H]1Oc2ccc(O)cc2[C@@]1(C)c1cc(O)ccc1O. The summed E-state index contributed by atoms with van der Waals surface area (Å²) in [5, 5.41) is 30.3. The lowest BCUT2D eigenvalue weighted by molar-refractivity contribution is -0.138. The van der Waals surface area contributed by atoms with Crippen molar-refractivity contribution in [3.63, 3.8) is 0 Å². The van der Waals surface area contributed by atoms with Crippen molar-refractivity contribution >= 4 is 5.91 Å². The number of hydrogen-bond donors (Lipinski definition) is 3. The number of amides is 1. The van der Waals surface area contributed by atoms with Crippen LogP contribution in [0.2, 0.25) is 0 Å². The largest absolute Gasteiger partial charge is 0.508 e. The van der Waals surface area contributed by atoms with Gasteiger partial charge in [-0.1, -0.05) is 6.92 Å². The summed E-state index contributed by atoms with van der Waals surface area (Å²) in [6, 6.07) is 8.93. The summed E-state index contributed by atoms with van der Waals surface area (Å²) in [6.07, 6.45) is -0.426. The third-order valence-corrected chi connectivity index (χ3v) is 4.84. The van der Waals surface area contributed by atoms with Gasteiger partial charge in [0.05, 0.1) is 5.41 Å². The molecule has 1 aliphatic rings. The number of carbonyl (C=O) groups excluding carboxylic acids is 1. The molecular formula is C19H21NO5. The van der Waals surface area contributed by atoms with E-state index in [0.717, 1.165) is 0 Å². The van der Waals surface area contributed by atoms with E-state index in [1.807, 2.05) is 6.92 Å². The Morgan fingerprint density at radius 1 is 1.12 bits per heavy atom. The summed E-state index contributed by atoms with van der Waals surface area (Å²) in [7, 11) is 1.64. The maximum atomic E-state index is 12.3. The van der Waals surface area contributed by atoms with Crippen LogP contribution in [-0.2, 0) is 10.2 Å². The zero-order valence-corrected chi connectivity index (χ0v) is 14.4. The van der Waals surface area contributed by atoms with Gasteiger partial charge in [-0.3, -0.25) is 4.79 Å². The molecule has 0 unspecified atom stereocenters. The third kappa shape index (κ3) is 2.54. The standard InChI is InChI=1S/C19H21NO5/c1-4-17(24)20(3)18-19(2,13-9-11(21)5-7-15(13)23)14-10-12(22)6-8-16(14)25-18/h5-10,18,21-23H,4H2,1-3H3/t18-,19+/m0/s1. The Bertz CT molecular complexity index is 835. The van der Waals surface area contributed by atoms with Gasteiger partial charge in [-0.2, -0.15) is 0 Å². The Kier molecular flexibility index (Phi) is 3.99. The van der Waals surface area contributed by atoms with E-state index in [1.54, 1.807) is 26.1 Å². The number of benzene rings is 2. The Balaban J connectivity index is 2.25. The number of fused-ring (bicyclic) bond motifs is 1. The Hall–Kier alpha value is -2.89. The predicted molar refractivity (Wildman–Crippen MR) is 91.8 cm³/mol. The van der Waals surface area contributed by atoms with Crippen molar-refractivity contribution in [3.8, 4) is 23.0 Å². The van der Waals surface area contributed by atoms with Crippen LogP contribution < -0.4 is 4.74 Å². The number of phenolic OH excluding ortho intramolecular Hbond substituents is 3. The van der Waals surface area contributed by atoms with Gasteiger partial charge >= 0.3 is 0 Å². The fourth-order valence-corrected chi connectivity index (χ4v) is 3.46. The molecule has 0 aliphatic carbocycles. The van der Waals surface area contributed by atoms with Crippen LogP contribution >= 0.6 is 0 Å². The fourth-order valence-electron chi connectivity index (χ4n) is 3.46. The molecule has 1 aliphatic heterocycles. The predicted octanol–water partition coefficient (Wildman–Crippen LogP) is 2.70. The van der Waals surface area contributed by atoms with E-state index in [0.29, 0.717) is 23.3 Å². The molecule has 2 aromatic carbocycles. The first kappa shape index (κ1) is 17.0. The number of likely N-dealkylation sites (N-methyl/N-ethyl adjacent to an activating group) is 1. The average Bonchev–Trinajstić information content (AvgIpc) is 2.89. The topological polar surface area (TPSA) is 90.2 Å². The highest BCUT2D eigenvalue weighted by atomic mass is 16.5. The molecule has 0 saturated carbocycles. The number of ether oxygens (including phenoxy) is 1. The highest BCUT2D eigenvalue weighted by Crippen LogP contribution is 2.51. The number of carbonyl (C=O) groups is 1. The average molecular weight is 343 g/mol. The third-order valence-electron chi connectivity index (χ3n) is 4.84. The van der Waals surface area contributed by atoms with E-state index < -0.39 is 11.6 Å². The number of rotatable bonds is 3. The molecule has 0 saturated heterocycles. The highest BCUT2D eigenvalue weighted by molar-refractivity contribution is 5.76. The van der Waals surface area contributed by atoms with E-state index in [2.05, 4.69) is 0 Å². The van der Waals surface area contributed by atoms with Crippen molar-refractivity contribution in [3.05, 3.63) is 47.5 Å². The molecule has 3 N–H and O–H groups in total. The lowest BCUT2D eigenvalue weighted by Gasteiger charge is -2.37. The van der Waals surface area contributed by atoms with Gasteiger partial charge in [-0.15, -0.1) is 0 Å². The van der Waals surface area contributed by atoms with E-state index in [-0.39, 0.29) is 23.2 Å². The second-order valence-electron chi connectivity index (χ2n) is 6.41. The second kappa shape index (κ2) is 5.88. The minimum Gasteiger partial charge on any atom is -0.508 e. The Morgan fingerprint density at radius 3 is 2.36 bits per heavy atom. The van der Waals surface area contributed by atoms with Crippen molar-refractivity contribution in [1.82, 2.24) is 4.90 Å². The molecule has 2 atom stereocenters. The second-order valence-corrected chi connectivity index (χ2v) is 6.41. The van der Waals surface area contributed by atoms with Crippen LogP contribution in [-0.4, -0.2) is 39.4 Å². The maximum absolute atomic E-state index is 12.3. The lowest BCUT2D eigenvalue weighted by atomic mass is 9.74. The van der Waals surface area contributed by atoms with E-state index in [1.165, 1.54) is 29.2 Å². The summed E-state index contributed by atoms with van der Waals surface area (Å²) >= 11 is 0. The Labute approximate surface area is 145 Å². The van der Waals surface area contributed by atoms with Crippen LogP contribution in [0.25, 0.3) is 0 Å². The molecule has 6 heteroatoms. The maximum Gasteiger partial charge on any atom is 0.224 e. The quantitative estimate of drug-likeness (QED) is 0.746. The molecule has 1 amide bonds. The number of hydrogen-bond acceptors (Lipinski definition) is 5. The molecule has 0 bridgehead atoms. The normalized spacial score (nSPS) is 21.5. The zero-order valence-electron chi connectivity index (χ0n) is 14.4. The molecule has 6 nitrogen and oxygen atoms in total. The van der Waals surface area contributed by atoms with Crippen LogP contribution in [0.4, 0.5) is 0 Å². The lowest BCUT2D eigenvalue weighted by Crippen LogP contribution is -2.50. The van der Waals surface area contributed by atoms with Gasteiger partial charge < -0.3 is 25.0 Å². The van der Waals surface area contributed by atoms with Crippen LogP contribution in [0, 0.1) is 0 Å². The van der Waals surface area contributed by atoms with Gasteiger partial charge in [0.25, 0.3) is 0 Å². The summed E-state index contributed by atoms with van der Waals surface area (Å²) in [4.78, 5) is 13.8. The summed E-state index contributed by atoms with van der Waals surface area (Å²) in [5.41, 5.74) is 0.0722. The van der Waals surface area contributed by atoms with Gasteiger partial charge in [0.15, 0.2) is 6.23 Å².